The van der Waals surface area contributed by atoms with Gasteiger partial charge >= 0.3 is 0 Å². The summed E-state index contributed by atoms with van der Waals surface area (Å²) < 4.78 is 0. The number of aromatic amines is 1. The molecule has 3 nitrogen and oxygen atoms in total. The molecule has 0 unspecified atom stereocenters. The molecule has 0 atom stereocenters. The van der Waals surface area contributed by atoms with Crippen molar-refractivity contribution in [2.24, 2.45) is 0 Å². The molecule has 0 amide bonds. The normalized spacial score (nSPS) is 19.9. The summed E-state index contributed by atoms with van der Waals surface area (Å²) in [5, 5.41) is 11.3. The molecule has 0 bridgehead atoms. The van der Waals surface area contributed by atoms with Crippen molar-refractivity contribution in [1.82, 2.24) is 9.97 Å². The van der Waals surface area contributed by atoms with Gasteiger partial charge in [0.05, 0.1) is 5.60 Å². The quantitative estimate of drug-likeness (QED) is 0.796. The van der Waals surface area contributed by atoms with Crippen LogP contribution in [0.3, 0.4) is 0 Å². The lowest BCUT2D eigenvalue weighted by Gasteiger charge is -2.31. The Morgan fingerprint density at radius 3 is 2.81 bits per heavy atom. The molecule has 0 radical (unpaired) electrons. The number of hydrogen-bond acceptors (Lipinski definition) is 3. The lowest BCUT2D eigenvalue weighted by molar-refractivity contribution is 0.0272. The number of nitrogens with zero attached hydrogens (tertiary/aromatic N) is 1. The first kappa shape index (κ1) is 12.0. The van der Waals surface area contributed by atoms with Crippen LogP contribution < -0.4 is 0 Å². The van der Waals surface area contributed by atoms with Gasteiger partial charge in [-0.15, -0.1) is 0 Å². The summed E-state index contributed by atoms with van der Waals surface area (Å²) in [6.07, 6.45) is 8.35. The summed E-state index contributed by atoms with van der Waals surface area (Å²) in [6, 6.07) is 0. The van der Waals surface area contributed by atoms with Gasteiger partial charge in [0.15, 0.2) is 5.16 Å². The zero-order valence-electron chi connectivity index (χ0n) is 9.83. The van der Waals surface area contributed by atoms with E-state index < -0.39 is 5.60 Å². The molecule has 0 spiro atoms. The standard InChI is InChI=1S/C12H20N2OS/c1-2-10-8-13-11(14-10)16-9-12(15)6-4-3-5-7-12/h8,15H,2-7,9H2,1H3,(H,13,14). The zero-order valence-corrected chi connectivity index (χ0v) is 10.6. The molecule has 1 heterocycles. The number of aryl methyl sites for hydroxylation is 1. The van der Waals surface area contributed by atoms with E-state index >= 15 is 0 Å². The molecule has 4 heteroatoms. The van der Waals surface area contributed by atoms with E-state index in [1.165, 1.54) is 6.42 Å². The highest BCUT2D eigenvalue weighted by molar-refractivity contribution is 7.99. The van der Waals surface area contributed by atoms with Crippen LogP contribution in [0.2, 0.25) is 0 Å². The molecule has 2 N–H and O–H groups in total. The first-order valence-corrected chi connectivity index (χ1v) is 7.09. The van der Waals surface area contributed by atoms with Crippen LogP contribution in [-0.2, 0) is 6.42 Å². The molecule has 1 aromatic rings. The predicted molar refractivity (Wildman–Crippen MR) is 66.7 cm³/mol. The van der Waals surface area contributed by atoms with Gasteiger partial charge in [0, 0.05) is 17.6 Å². The molecule has 2 rings (SSSR count). The fraction of sp³-hybridized carbons (Fsp3) is 0.750. The molecule has 0 saturated heterocycles. The van der Waals surface area contributed by atoms with Gasteiger partial charge in [-0.1, -0.05) is 37.9 Å². The minimum Gasteiger partial charge on any atom is -0.389 e. The lowest BCUT2D eigenvalue weighted by Crippen LogP contribution is -2.34. The fourth-order valence-electron chi connectivity index (χ4n) is 2.15. The van der Waals surface area contributed by atoms with Crippen LogP contribution in [0, 0.1) is 0 Å². The van der Waals surface area contributed by atoms with Gasteiger partial charge in [0.25, 0.3) is 0 Å². The average Bonchev–Trinajstić information content (AvgIpc) is 2.75. The van der Waals surface area contributed by atoms with E-state index in [1.807, 2.05) is 6.20 Å². The van der Waals surface area contributed by atoms with E-state index in [0.29, 0.717) is 0 Å². The second kappa shape index (κ2) is 5.23. The molecule has 1 aromatic heterocycles. The van der Waals surface area contributed by atoms with Gasteiger partial charge in [-0.3, -0.25) is 0 Å². The number of hydrogen-bond donors (Lipinski definition) is 2. The number of thioether (sulfide) groups is 1. The Hall–Kier alpha value is -0.480. The van der Waals surface area contributed by atoms with E-state index in [0.717, 1.165) is 48.7 Å². The third-order valence-corrected chi connectivity index (χ3v) is 4.41. The molecule has 0 aromatic carbocycles. The minimum atomic E-state index is -0.456. The van der Waals surface area contributed by atoms with Gasteiger partial charge < -0.3 is 10.1 Å². The molecule has 1 fully saturated rings. The van der Waals surface area contributed by atoms with Gasteiger partial charge in [-0.05, 0) is 19.3 Å². The Morgan fingerprint density at radius 1 is 1.44 bits per heavy atom. The van der Waals surface area contributed by atoms with Crippen molar-refractivity contribution in [2.75, 3.05) is 5.75 Å². The third kappa shape index (κ3) is 3.01. The minimum absolute atomic E-state index is 0.456. The highest BCUT2D eigenvalue weighted by atomic mass is 32.2. The summed E-state index contributed by atoms with van der Waals surface area (Å²) >= 11 is 1.65. The first-order valence-electron chi connectivity index (χ1n) is 6.11. The first-order chi connectivity index (χ1) is 7.72. The van der Waals surface area contributed by atoms with Crippen molar-refractivity contribution in [2.45, 2.75) is 56.2 Å². The average molecular weight is 240 g/mol. The van der Waals surface area contributed by atoms with Crippen molar-refractivity contribution in [1.29, 1.82) is 0 Å². The molecule has 90 valence electrons. The Bertz CT molecular complexity index is 332. The van der Waals surface area contributed by atoms with Crippen molar-refractivity contribution in [3.63, 3.8) is 0 Å². The van der Waals surface area contributed by atoms with E-state index in [4.69, 9.17) is 0 Å². The largest absolute Gasteiger partial charge is 0.389 e. The van der Waals surface area contributed by atoms with Crippen molar-refractivity contribution in [3.05, 3.63) is 11.9 Å². The molecule has 16 heavy (non-hydrogen) atoms. The van der Waals surface area contributed by atoms with E-state index in [2.05, 4.69) is 16.9 Å². The van der Waals surface area contributed by atoms with Gasteiger partial charge in [-0.25, -0.2) is 4.98 Å². The Morgan fingerprint density at radius 2 is 2.19 bits per heavy atom. The zero-order chi connectivity index (χ0) is 11.4. The van der Waals surface area contributed by atoms with Crippen LogP contribution in [-0.4, -0.2) is 26.4 Å². The van der Waals surface area contributed by atoms with Crippen LogP contribution in [0.15, 0.2) is 11.4 Å². The maximum atomic E-state index is 10.3. The molecule has 0 aliphatic heterocycles. The Balaban J connectivity index is 1.86. The topological polar surface area (TPSA) is 48.9 Å². The van der Waals surface area contributed by atoms with Crippen LogP contribution in [0.5, 0.6) is 0 Å². The Kier molecular flexibility index (Phi) is 3.92. The summed E-state index contributed by atoms with van der Waals surface area (Å²) in [5.41, 5.74) is 0.709. The molecular formula is C12H20N2OS. The number of nitrogens with one attached hydrogen (secondary N) is 1. The monoisotopic (exact) mass is 240 g/mol. The van der Waals surface area contributed by atoms with Crippen LogP contribution in [0.4, 0.5) is 0 Å². The van der Waals surface area contributed by atoms with Crippen molar-refractivity contribution >= 4 is 11.8 Å². The lowest BCUT2D eigenvalue weighted by atomic mass is 9.86. The maximum absolute atomic E-state index is 10.3. The van der Waals surface area contributed by atoms with Gasteiger partial charge in [0.1, 0.15) is 0 Å². The second-order valence-corrected chi connectivity index (χ2v) is 5.60. The summed E-state index contributed by atoms with van der Waals surface area (Å²) in [4.78, 5) is 7.56. The van der Waals surface area contributed by atoms with Crippen LogP contribution >= 0.6 is 11.8 Å². The van der Waals surface area contributed by atoms with E-state index in [1.54, 1.807) is 11.8 Å². The highest BCUT2D eigenvalue weighted by Gasteiger charge is 2.29. The number of aromatic nitrogens is 2. The van der Waals surface area contributed by atoms with Crippen molar-refractivity contribution < 1.29 is 5.11 Å². The maximum Gasteiger partial charge on any atom is 0.165 e. The SMILES string of the molecule is CCc1cnc(SCC2(O)CCCCC2)[nH]1. The van der Waals surface area contributed by atoms with Crippen molar-refractivity contribution in [3.8, 4) is 0 Å². The molecule has 1 aliphatic rings. The number of H-pyrrole nitrogens is 1. The van der Waals surface area contributed by atoms with E-state index in [-0.39, 0.29) is 0 Å². The third-order valence-electron chi connectivity index (χ3n) is 3.25. The van der Waals surface area contributed by atoms with E-state index in [9.17, 15) is 5.11 Å². The number of aliphatic hydroxyl groups is 1. The fourth-order valence-corrected chi connectivity index (χ4v) is 3.17. The van der Waals surface area contributed by atoms with Crippen LogP contribution in [0.1, 0.15) is 44.7 Å². The van der Waals surface area contributed by atoms with Crippen LogP contribution in [0.25, 0.3) is 0 Å². The smallest absolute Gasteiger partial charge is 0.165 e. The summed E-state index contributed by atoms with van der Waals surface area (Å²) in [5.74, 6) is 0.768. The number of imidazole rings is 1. The number of rotatable bonds is 4. The predicted octanol–water partition coefficient (Wildman–Crippen LogP) is 2.76. The second-order valence-electron chi connectivity index (χ2n) is 4.64. The molecule has 1 aliphatic carbocycles. The highest BCUT2D eigenvalue weighted by Crippen LogP contribution is 2.32. The summed E-state index contributed by atoms with van der Waals surface area (Å²) in [6.45, 7) is 2.11. The molecule has 1 saturated carbocycles. The summed E-state index contributed by atoms with van der Waals surface area (Å²) in [7, 11) is 0. The molecular weight excluding hydrogens is 220 g/mol. The Labute approximate surface area is 101 Å². The van der Waals surface area contributed by atoms with Gasteiger partial charge in [0.2, 0.25) is 0 Å². The van der Waals surface area contributed by atoms with Gasteiger partial charge in [-0.2, -0.15) is 0 Å².